The van der Waals surface area contributed by atoms with Gasteiger partial charge < -0.3 is 10.8 Å². The lowest BCUT2D eigenvalue weighted by Gasteiger charge is -2.06. The summed E-state index contributed by atoms with van der Waals surface area (Å²) in [6, 6.07) is 9.00. The van der Waals surface area contributed by atoms with E-state index < -0.39 is 12.0 Å². The van der Waals surface area contributed by atoms with Crippen molar-refractivity contribution in [2.45, 2.75) is 18.3 Å². The molecule has 2 aromatic rings. The predicted octanol–water partition coefficient (Wildman–Crippen LogP) is 0.366. The molecule has 7 nitrogen and oxygen atoms in total. The fourth-order valence-corrected chi connectivity index (χ4v) is 2.46. The minimum atomic E-state index is -0.999. The highest BCUT2D eigenvalue weighted by Crippen LogP contribution is 2.11. The van der Waals surface area contributed by atoms with Crippen LogP contribution < -0.4 is 5.73 Å². The van der Waals surface area contributed by atoms with Gasteiger partial charge >= 0.3 is 5.97 Å². The first-order chi connectivity index (χ1) is 9.66. The summed E-state index contributed by atoms with van der Waals surface area (Å²) >= 11 is 1.40. The van der Waals surface area contributed by atoms with Crippen LogP contribution in [0.2, 0.25) is 0 Å². The summed E-state index contributed by atoms with van der Waals surface area (Å²) < 4.78 is 1.70. The second-order valence-corrected chi connectivity index (χ2v) is 5.23. The molecule has 2 rings (SSSR count). The van der Waals surface area contributed by atoms with Crippen LogP contribution in [-0.4, -0.2) is 43.1 Å². The summed E-state index contributed by atoms with van der Waals surface area (Å²) in [6.45, 7) is 0.592. The van der Waals surface area contributed by atoms with Crippen LogP contribution in [0.4, 0.5) is 0 Å². The Morgan fingerprint density at radius 3 is 2.85 bits per heavy atom. The van der Waals surface area contributed by atoms with Gasteiger partial charge in [0.05, 0.1) is 12.3 Å². The number of rotatable bonds is 7. The van der Waals surface area contributed by atoms with Crippen molar-refractivity contribution in [3.05, 3.63) is 41.7 Å². The molecule has 0 aliphatic carbocycles. The van der Waals surface area contributed by atoms with E-state index in [0.717, 1.165) is 5.56 Å². The topological polar surface area (TPSA) is 107 Å². The van der Waals surface area contributed by atoms with Crippen molar-refractivity contribution in [1.82, 2.24) is 20.2 Å². The highest BCUT2D eigenvalue weighted by atomic mass is 32.2. The lowest BCUT2D eigenvalue weighted by molar-refractivity contribution is -0.137. The first-order valence-corrected chi connectivity index (χ1v) is 7.17. The molecule has 0 aliphatic rings. The van der Waals surface area contributed by atoms with Crippen LogP contribution in [0, 0.1) is 0 Å². The third-order valence-corrected chi connectivity index (χ3v) is 3.68. The van der Waals surface area contributed by atoms with E-state index in [2.05, 4.69) is 15.5 Å². The zero-order chi connectivity index (χ0) is 14.4. The maximum absolute atomic E-state index is 10.6. The minimum Gasteiger partial charge on any atom is -0.480 e. The van der Waals surface area contributed by atoms with E-state index in [1.165, 1.54) is 11.8 Å². The predicted molar refractivity (Wildman–Crippen MR) is 75.1 cm³/mol. The molecule has 3 N–H and O–H groups in total. The number of aromatic nitrogens is 4. The first kappa shape index (κ1) is 14.5. The largest absolute Gasteiger partial charge is 0.480 e. The fourth-order valence-electron chi connectivity index (χ4n) is 1.55. The van der Waals surface area contributed by atoms with Gasteiger partial charge in [0.15, 0.2) is 5.82 Å². The molecule has 0 aliphatic heterocycles. The molecule has 0 spiro atoms. The van der Waals surface area contributed by atoms with Crippen LogP contribution in [0.5, 0.6) is 0 Å². The molecule has 1 atom stereocenters. The Labute approximate surface area is 120 Å². The number of hydrogen-bond acceptors (Lipinski definition) is 6. The van der Waals surface area contributed by atoms with Crippen LogP contribution in [0.15, 0.2) is 30.3 Å². The molecule has 0 fully saturated rings. The van der Waals surface area contributed by atoms with Crippen molar-refractivity contribution in [3.8, 4) is 0 Å². The second kappa shape index (κ2) is 7.01. The number of benzene rings is 1. The van der Waals surface area contributed by atoms with Crippen molar-refractivity contribution < 1.29 is 9.90 Å². The molecule has 0 bridgehead atoms. The number of thioether (sulfide) groups is 1. The maximum Gasteiger partial charge on any atom is 0.321 e. The molecule has 0 amide bonds. The van der Waals surface area contributed by atoms with Gasteiger partial charge in [-0.3, -0.25) is 4.79 Å². The molecule has 8 heteroatoms. The summed E-state index contributed by atoms with van der Waals surface area (Å²) in [5, 5.41) is 20.2. The van der Waals surface area contributed by atoms with Crippen LogP contribution in [0.3, 0.4) is 0 Å². The van der Waals surface area contributed by atoms with Crippen molar-refractivity contribution >= 4 is 17.7 Å². The lowest BCUT2D eigenvalue weighted by atomic mass is 10.2. The molecule has 0 unspecified atom stereocenters. The Morgan fingerprint density at radius 1 is 1.40 bits per heavy atom. The Balaban J connectivity index is 1.90. The second-order valence-electron chi connectivity index (χ2n) is 4.20. The number of nitrogens with two attached hydrogens (primary N) is 1. The number of carbonyl (C=O) groups is 1. The number of nitrogens with zero attached hydrogens (tertiary/aromatic N) is 4. The zero-order valence-electron chi connectivity index (χ0n) is 10.7. The van der Waals surface area contributed by atoms with E-state index in [1.54, 1.807) is 4.68 Å². The zero-order valence-corrected chi connectivity index (χ0v) is 11.5. The molecule has 1 aromatic carbocycles. The number of carboxylic acids is 1. The van der Waals surface area contributed by atoms with Gasteiger partial charge in [0, 0.05) is 5.75 Å². The molecular weight excluding hydrogens is 278 g/mol. The van der Waals surface area contributed by atoms with Gasteiger partial charge in [-0.05, 0) is 16.0 Å². The van der Waals surface area contributed by atoms with Crippen LogP contribution in [-0.2, 0) is 17.1 Å². The van der Waals surface area contributed by atoms with Gasteiger partial charge in [-0.1, -0.05) is 30.3 Å². The molecule has 0 saturated carbocycles. The highest BCUT2D eigenvalue weighted by Gasteiger charge is 2.13. The average molecular weight is 293 g/mol. The van der Waals surface area contributed by atoms with Crippen molar-refractivity contribution in [2.75, 3.05) is 5.75 Å². The monoisotopic (exact) mass is 293 g/mol. The standard InChI is InChI=1S/C12H15N5O2S/c13-10(12(18)19)7-20-8-11-14-15-16-17(11)6-9-4-2-1-3-5-9/h1-5,10H,6-8,13H2,(H,18,19)/t10-/m1/s1. The van der Waals surface area contributed by atoms with Crippen molar-refractivity contribution in [3.63, 3.8) is 0 Å². The summed E-state index contributed by atoms with van der Waals surface area (Å²) in [6.07, 6.45) is 0. The van der Waals surface area contributed by atoms with Crippen LogP contribution in [0.25, 0.3) is 0 Å². The maximum atomic E-state index is 10.6. The Kier molecular flexibility index (Phi) is 5.08. The third kappa shape index (κ3) is 4.04. The third-order valence-electron chi connectivity index (χ3n) is 2.63. The number of tetrazole rings is 1. The number of hydrogen-bond donors (Lipinski definition) is 2. The average Bonchev–Trinajstić information content (AvgIpc) is 2.87. The quantitative estimate of drug-likeness (QED) is 0.759. The summed E-state index contributed by atoms with van der Waals surface area (Å²) in [4.78, 5) is 10.6. The molecule has 1 aromatic heterocycles. The summed E-state index contributed by atoms with van der Waals surface area (Å²) in [5.74, 6) is 0.562. The molecule has 20 heavy (non-hydrogen) atoms. The van der Waals surface area contributed by atoms with E-state index >= 15 is 0 Å². The SMILES string of the molecule is N[C@H](CSCc1nnnn1Cc1ccccc1)C(=O)O. The van der Waals surface area contributed by atoms with E-state index in [-0.39, 0.29) is 0 Å². The van der Waals surface area contributed by atoms with E-state index in [4.69, 9.17) is 10.8 Å². The Hall–Kier alpha value is -1.93. The minimum absolute atomic E-state index is 0.327. The van der Waals surface area contributed by atoms with Crippen LogP contribution in [0.1, 0.15) is 11.4 Å². The fraction of sp³-hybridized carbons (Fsp3) is 0.333. The highest BCUT2D eigenvalue weighted by molar-refractivity contribution is 7.98. The molecule has 0 radical (unpaired) electrons. The molecule has 106 valence electrons. The van der Waals surface area contributed by atoms with E-state index in [0.29, 0.717) is 23.9 Å². The molecular formula is C12H15N5O2S. The Bertz CT molecular complexity index is 560. The van der Waals surface area contributed by atoms with Crippen molar-refractivity contribution in [1.29, 1.82) is 0 Å². The molecule has 0 saturated heterocycles. The van der Waals surface area contributed by atoms with Gasteiger partial charge in [0.2, 0.25) is 0 Å². The van der Waals surface area contributed by atoms with Crippen LogP contribution >= 0.6 is 11.8 Å². The van der Waals surface area contributed by atoms with Gasteiger partial charge in [-0.25, -0.2) is 4.68 Å². The number of carboxylic acid groups (broad SMARTS) is 1. The van der Waals surface area contributed by atoms with E-state index in [1.807, 2.05) is 30.3 Å². The van der Waals surface area contributed by atoms with E-state index in [9.17, 15) is 4.79 Å². The summed E-state index contributed by atoms with van der Waals surface area (Å²) in [7, 11) is 0. The van der Waals surface area contributed by atoms with Gasteiger partial charge in [-0.15, -0.1) is 5.10 Å². The number of aliphatic carboxylic acids is 1. The molecule has 1 heterocycles. The lowest BCUT2D eigenvalue weighted by Crippen LogP contribution is -2.32. The van der Waals surface area contributed by atoms with Gasteiger partial charge in [0.25, 0.3) is 0 Å². The van der Waals surface area contributed by atoms with Crippen molar-refractivity contribution in [2.24, 2.45) is 5.73 Å². The Morgan fingerprint density at radius 2 is 2.15 bits per heavy atom. The van der Waals surface area contributed by atoms with Gasteiger partial charge in [0.1, 0.15) is 6.04 Å². The summed E-state index contributed by atoms with van der Waals surface area (Å²) in [5.41, 5.74) is 6.54. The normalized spacial score (nSPS) is 12.2. The smallest absolute Gasteiger partial charge is 0.321 e. The van der Waals surface area contributed by atoms with Gasteiger partial charge in [-0.2, -0.15) is 11.8 Å². The first-order valence-electron chi connectivity index (χ1n) is 6.02.